The molecule has 0 heterocycles. The van der Waals surface area contributed by atoms with E-state index >= 15 is 0 Å². The van der Waals surface area contributed by atoms with Gasteiger partial charge in [0.05, 0.1) is 12.2 Å². The van der Waals surface area contributed by atoms with E-state index in [2.05, 4.69) is 31.0 Å². The normalized spacial score (nSPS) is 19.3. The summed E-state index contributed by atoms with van der Waals surface area (Å²) < 4.78 is 0. The van der Waals surface area contributed by atoms with Gasteiger partial charge in [-0.25, -0.2) is 0 Å². The predicted molar refractivity (Wildman–Crippen MR) is 77.6 cm³/mol. The second kappa shape index (κ2) is 5.07. The van der Waals surface area contributed by atoms with Gasteiger partial charge in [0.25, 0.3) is 0 Å². The number of nitrogens with two attached hydrogens (primary N) is 1. The molecule has 2 rings (SSSR count). The maximum Gasteiger partial charge on any atom is 0.228 e. The second-order valence-electron chi connectivity index (χ2n) is 5.79. The van der Waals surface area contributed by atoms with Crippen molar-refractivity contribution in [2.45, 2.75) is 27.2 Å². The first-order valence-electron chi connectivity index (χ1n) is 6.54. The third kappa shape index (κ3) is 3.15. The minimum atomic E-state index is 0.0893. The molecule has 0 bridgehead atoms. The monoisotopic (exact) mass is 256 g/mol. The van der Waals surface area contributed by atoms with Crippen molar-refractivity contribution in [1.82, 2.24) is 0 Å². The molecule has 0 aliphatic heterocycles. The van der Waals surface area contributed by atoms with Gasteiger partial charge >= 0.3 is 0 Å². The first-order chi connectivity index (χ1) is 8.94. The van der Waals surface area contributed by atoms with Crippen molar-refractivity contribution in [2.24, 2.45) is 17.1 Å². The van der Waals surface area contributed by atoms with Crippen molar-refractivity contribution in [2.75, 3.05) is 11.9 Å². The first kappa shape index (κ1) is 13.6. The van der Waals surface area contributed by atoms with Gasteiger partial charge in [0.2, 0.25) is 5.91 Å². The molecule has 1 fully saturated rings. The number of benzene rings is 1. The van der Waals surface area contributed by atoms with Crippen molar-refractivity contribution < 1.29 is 4.79 Å². The lowest BCUT2D eigenvalue weighted by Gasteiger charge is -2.09. The molecule has 1 aromatic carbocycles. The number of nitrogens with one attached hydrogen (secondary N) is 1. The van der Waals surface area contributed by atoms with E-state index in [4.69, 9.17) is 5.73 Å². The Labute approximate surface area is 114 Å². The molecule has 1 amide bonds. The Bertz CT molecular complexity index is 564. The Kier molecular flexibility index (Phi) is 3.64. The van der Waals surface area contributed by atoms with Gasteiger partial charge in [0.1, 0.15) is 0 Å². The zero-order chi connectivity index (χ0) is 14.0. The van der Waals surface area contributed by atoms with Gasteiger partial charge in [-0.1, -0.05) is 31.8 Å². The summed E-state index contributed by atoms with van der Waals surface area (Å²) in [7, 11) is 0. The molecule has 100 valence electrons. The summed E-state index contributed by atoms with van der Waals surface area (Å²) in [4.78, 5) is 12.1. The Morgan fingerprint density at radius 3 is 2.79 bits per heavy atom. The maximum atomic E-state index is 12.1. The van der Waals surface area contributed by atoms with Crippen LogP contribution in [0.25, 0.3) is 0 Å². The molecule has 0 aromatic heterocycles. The summed E-state index contributed by atoms with van der Waals surface area (Å²) in [5.41, 5.74) is 8.23. The fourth-order valence-electron chi connectivity index (χ4n) is 2.15. The van der Waals surface area contributed by atoms with Gasteiger partial charge in [-0.3, -0.25) is 4.79 Å². The summed E-state index contributed by atoms with van der Waals surface area (Å²) in [5, 5.41) is 3.00. The van der Waals surface area contributed by atoms with E-state index in [1.54, 1.807) is 0 Å². The average Bonchev–Trinajstić information content (AvgIpc) is 2.98. The van der Waals surface area contributed by atoms with E-state index < -0.39 is 0 Å². The summed E-state index contributed by atoms with van der Waals surface area (Å²) >= 11 is 0. The van der Waals surface area contributed by atoms with E-state index in [-0.39, 0.29) is 17.2 Å². The molecule has 1 aliphatic rings. The van der Waals surface area contributed by atoms with Crippen LogP contribution in [0, 0.1) is 30.1 Å². The Morgan fingerprint density at radius 1 is 1.53 bits per heavy atom. The zero-order valence-electron chi connectivity index (χ0n) is 11.7. The number of aryl methyl sites for hydroxylation is 1. The third-order valence-electron chi connectivity index (χ3n) is 3.59. The van der Waals surface area contributed by atoms with Gasteiger partial charge in [-0.05, 0) is 36.5 Å². The highest BCUT2D eigenvalue weighted by molar-refractivity contribution is 5.96. The molecule has 3 N–H and O–H groups in total. The quantitative estimate of drug-likeness (QED) is 0.798. The van der Waals surface area contributed by atoms with E-state index in [0.29, 0.717) is 6.54 Å². The number of carbonyl (C=O) groups excluding carboxylic acids is 1. The average molecular weight is 256 g/mol. The van der Waals surface area contributed by atoms with E-state index in [9.17, 15) is 4.79 Å². The maximum absolute atomic E-state index is 12.1. The molecule has 3 heteroatoms. The largest absolute Gasteiger partial charge is 0.325 e. The minimum Gasteiger partial charge on any atom is -0.325 e. The topological polar surface area (TPSA) is 55.1 Å². The highest BCUT2D eigenvalue weighted by atomic mass is 16.2. The number of rotatable bonds is 2. The van der Waals surface area contributed by atoms with Crippen molar-refractivity contribution in [3.63, 3.8) is 0 Å². The molecular weight excluding hydrogens is 236 g/mol. The van der Waals surface area contributed by atoms with Crippen molar-refractivity contribution in [3.8, 4) is 11.8 Å². The van der Waals surface area contributed by atoms with Crippen LogP contribution in [0.15, 0.2) is 18.2 Å². The van der Waals surface area contributed by atoms with Gasteiger partial charge in [-0.15, -0.1) is 0 Å². The molecule has 0 radical (unpaired) electrons. The van der Waals surface area contributed by atoms with Crippen LogP contribution in [0.4, 0.5) is 5.69 Å². The van der Waals surface area contributed by atoms with Gasteiger partial charge < -0.3 is 11.1 Å². The van der Waals surface area contributed by atoms with E-state index in [0.717, 1.165) is 23.2 Å². The molecule has 19 heavy (non-hydrogen) atoms. The Balaban J connectivity index is 2.19. The van der Waals surface area contributed by atoms with Crippen LogP contribution >= 0.6 is 0 Å². The molecule has 0 saturated heterocycles. The molecule has 3 nitrogen and oxygen atoms in total. The minimum absolute atomic E-state index is 0.0893. The zero-order valence-corrected chi connectivity index (χ0v) is 11.7. The van der Waals surface area contributed by atoms with Crippen LogP contribution < -0.4 is 11.1 Å². The van der Waals surface area contributed by atoms with Gasteiger partial charge in [0.15, 0.2) is 0 Å². The van der Waals surface area contributed by atoms with Crippen molar-refractivity contribution >= 4 is 11.6 Å². The third-order valence-corrected chi connectivity index (χ3v) is 3.59. The van der Waals surface area contributed by atoms with E-state index in [1.807, 2.05) is 25.1 Å². The van der Waals surface area contributed by atoms with E-state index in [1.165, 1.54) is 0 Å². The van der Waals surface area contributed by atoms with Crippen LogP contribution in [0.3, 0.4) is 0 Å². The number of amides is 1. The van der Waals surface area contributed by atoms with Gasteiger partial charge in [0, 0.05) is 11.5 Å². The van der Waals surface area contributed by atoms with Crippen molar-refractivity contribution in [3.05, 3.63) is 29.3 Å². The lowest BCUT2D eigenvalue weighted by Crippen LogP contribution is -2.17. The van der Waals surface area contributed by atoms with Crippen LogP contribution in [0.5, 0.6) is 0 Å². The standard InChI is InChI=1S/C16H20N2O/c1-11-6-7-12(5-4-8-17)14(9-11)18-15(19)13-10-16(13,2)3/h6-7,9,13H,8,10,17H2,1-3H3,(H,18,19). The Morgan fingerprint density at radius 2 is 2.21 bits per heavy atom. The van der Waals surface area contributed by atoms with Crippen LogP contribution in [-0.2, 0) is 4.79 Å². The predicted octanol–water partition coefficient (Wildman–Crippen LogP) is 2.29. The molecule has 0 spiro atoms. The lowest BCUT2D eigenvalue weighted by molar-refractivity contribution is -0.118. The first-order valence-corrected chi connectivity index (χ1v) is 6.54. The van der Waals surface area contributed by atoms with Gasteiger partial charge in [-0.2, -0.15) is 0 Å². The number of hydrogen-bond donors (Lipinski definition) is 2. The highest BCUT2D eigenvalue weighted by Gasteiger charge is 2.50. The second-order valence-corrected chi connectivity index (χ2v) is 5.79. The molecule has 1 aliphatic carbocycles. The number of carbonyl (C=O) groups is 1. The Hall–Kier alpha value is -1.79. The van der Waals surface area contributed by atoms with Crippen LogP contribution in [-0.4, -0.2) is 12.5 Å². The lowest BCUT2D eigenvalue weighted by atomic mass is 10.1. The van der Waals surface area contributed by atoms with Crippen LogP contribution in [0.1, 0.15) is 31.4 Å². The summed E-state index contributed by atoms with van der Waals surface area (Å²) in [6, 6.07) is 5.86. The molecule has 1 atom stereocenters. The fourth-order valence-corrected chi connectivity index (χ4v) is 2.15. The number of hydrogen-bond acceptors (Lipinski definition) is 2. The summed E-state index contributed by atoms with van der Waals surface area (Å²) in [5.74, 6) is 6.02. The summed E-state index contributed by atoms with van der Waals surface area (Å²) in [6.45, 7) is 6.54. The van der Waals surface area contributed by atoms with Crippen LogP contribution in [0.2, 0.25) is 0 Å². The molecule has 1 unspecified atom stereocenters. The fraction of sp³-hybridized carbons (Fsp3) is 0.438. The summed E-state index contributed by atoms with van der Waals surface area (Å²) in [6.07, 6.45) is 0.953. The molecule has 1 aromatic rings. The molecule has 1 saturated carbocycles. The number of anilines is 1. The molecular formula is C16H20N2O. The highest BCUT2D eigenvalue weighted by Crippen LogP contribution is 2.52. The SMILES string of the molecule is Cc1ccc(C#CCN)c(NC(=O)C2CC2(C)C)c1. The van der Waals surface area contributed by atoms with Crippen molar-refractivity contribution in [1.29, 1.82) is 0 Å². The smallest absolute Gasteiger partial charge is 0.228 e.